The lowest BCUT2D eigenvalue weighted by Gasteiger charge is -2.15. The molecule has 0 saturated carbocycles. The molecule has 2 amide bonds. The molecule has 0 saturated heterocycles. The van der Waals surface area contributed by atoms with Crippen LogP contribution >= 0.6 is 0 Å². The van der Waals surface area contributed by atoms with E-state index in [1.165, 1.54) is 5.56 Å². The zero-order valence-corrected chi connectivity index (χ0v) is 14.9. The van der Waals surface area contributed by atoms with E-state index in [0.717, 1.165) is 17.7 Å². The molecule has 5 nitrogen and oxygen atoms in total. The molecule has 1 atom stereocenters. The van der Waals surface area contributed by atoms with Crippen molar-refractivity contribution in [2.24, 2.45) is 0 Å². The Bertz CT molecular complexity index is 659. The molecule has 2 aromatic carbocycles. The van der Waals surface area contributed by atoms with Gasteiger partial charge in [-0.25, -0.2) is 4.79 Å². The van der Waals surface area contributed by atoms with Gasteiger partial charge in [0, 0.05) is 19.6 Å². The molecule has 0 aliphatic heterocycles. The summed E-state index contributed by atoms with van der Waals surface area (Å²) >= 11 is 0. The van der Waals surface area contributed by atoms with Crippen molar-refractivity contribution >= 4 is 6.03 Å². The summed E-state index contributed by atoms with van der Waals surface area (Å²) < 4.78 is 0. The van der Waals surface area contributed by atoms with Crippen molar-refractivity contribution in [3.8, 4) is 0 Å². The minimum Gasteiger partial charge on any atom is -0.388 e. The zero-order chi connectivity index (χ0) is 18.1. The second kappa shape index (κ2) is 9.81. The molecule has 0 aliphatic rings. The largest absolute Gasteiger partial charge is 0.388 e. The van der Waals surface area contributed by atoms with Gasteiger partial charge in [-0.3, -0.25) is 0 Å². The first-order valence-electron chi connectivity index (χ1n) is 8.52. The second-order valence-corrected chi connectivity index (χ2v) is 6.33. The quantitative estimate of drug-likeness (QED) is 0.692. The van der Waals surface area contributed by atoms with Crippen LogP contribution in [0.1, 0.15) is 29.2 Å². The van der Waals surface area contributed by atoms with Gasteiger partial charge < -0.3 is 20.6 Å². The highest BCUT2D eigenvalue weighted by Gasteiger charge is 2.08. The molecule has 2 rings (SSSR count). The molecular weight excluding hydrogens is 314 g/mol. The third-order valence-corrected chi connectivity index (χ3v) is 3.93. The number of hydrogen-bond acceptors (Lipinski definition) is 3. The normalized spacial score (nSPS) is 12.0. The SMILES string of the molecule is CN(C)Cc1ccccc1CNC(=O)NCCC(O)c1ccccc1. The minimum atomic E-state index is -0.567. The molecule has 25 heavy (non-hydrogen) atoms. The predicted molar refractivity (Wildman–Crippen MR) is 100 cm³/mol. The van der Waals surface area contributed by atoms with Gasteiger partial charge >= 0.3 is 6.03 Å². The van der Waals surface area contributed by atoms with E-state index in [-0.39, 0.29) is 6.03 Å². The summed E-state index contributed by atoms with van der Waals surface area (Å²) in [5.74, 6) is 0. The molecule has 0 radical (unpaired) electrons. The van der Waals surface area contributed by atoms with Crippen LogP contribution < -0.4 is 10.6 Å². The Labute approximate surface area is 149 Å². The summed E-state index contributed by atoms with van der Waals surface area (Å²) in [6.07, 6.45) is -0.0865. The Morgan fingerprint density at radius 2 is 1.64 bits per heavy atom. The van der Waals surface area contributed by atoms with Crippen LogP contribution in [0.4, 0.5) is 4.79 Å². The summed E-state index contributed by atoms with van der Waals surface area (Å²) in [5, 5.41) is 15.8. The molecule has 0 bridgehead atoms. The Hall–Kier alpha value is -2.37. The maximum absolute atomic E-state index is 12.0. The highest BCUT2D eigenvalue weighted by Crippen LogP contribution is 2.14. The van der Waals surface area contributed by atoms with Crippen molar-refractivity contribution < 1.29 is 9.90 Å². The molecule has 0 heterocycles. The molecule has 134 valence electrons. The van der Waals surface area contributed by atoms with Crippen LogP contribution in [0.2, 0.25) is 0 Å². The van der Waals surface area contributed by atoms with E-state index in [9.17, 15) is 9.90 Å². The Kier molecular flexibility index (Phi) is 7.44. The van der Waals surface area contributed by atoms with Crippen LogP contribution in [0.15, 0.2) is 54.6 Å². The number of aliphatic hydroxyl groups is 1. The molecule has 0 spiro atoms. The summed E-state index contributed by atoms with van der Waals surface area (Å²) in [7, 11) is 4.05. The van der Waals surface area contributed by atoms with Crippen LogP contribution in [0.3, 0.4) is 0 Å². The van der Waals surface area contributed by atoms with Gasteiger partial charge in [-0.1, -0.05) is 54.6 Å². The molecule has 2 aromatic rings. The van der Waals surface area contributed by atoms with E-state index in [4.69, 9.17) is 0 Å². The van der Waals surface area contributed by atoms with Gasteiger partial charge in [-0.15, -0.1) is 0 Å². The second-order valence-electron chi connectivity index (χ2n) is 6.33. The van der Waals surface area contributed by atoms with Crippen molar-refractivity contribution in [2.45, 2.75) is 25.6 Å². The van der Waals surface area contributed by atoms with Gasteiger partial charge in [0.15, 0.2) is 0 Å². The lowest BCUT2D eigenvalue weighted by molar-refractivity contribution is 0.167. The molecule has 0 aromatic heterocycles. The van der Waals surface area contributed by atoms with Gasteiger partial charge in [0.25, 0.3) is 0 Å². The number of aliphatic hydroxyl groups excluding tert-OH is 1. The fourth-order valence-electron chi connectivity index (χ4n) is 2.63. The fourth-order valence-corrected chi connectivity index (χ4v) is 2.63. The predicted octanol–water partition coefficient (Wildman–Crippen LogP) is 2.67. The average molecular weight is 341 g/mol. The third kappa shape index (κ3) is 6.57. The van der Waals surface area contributed by atoms with Crippen LogP contribution in [0.5, 0.6) is 0 Å². The van der Waals surface area contributed by atoms with E-state index >= 15 is 0 Å². The summed E-state index contributed by atoms with van der Waals surface area (Å²) in [6, 6.07) is 17.3. The van der Waals surface area contributed by atoms with Crippen LogP contribution in [-0.4, -0.2) is 36.7 Å². The molecule has 5 heteroatoms. The summed E-state index contributed by atoms with van der Waals surface area (Å²) in [5.41, 5.74) is 3.17. The number of rotatable bonds is 8. The monoisotopic (exact) mass is 341 g/mol. The number of nitrogens with one attached hydrogen (secondary N) is 2. The highest BCUT2D eigenvalue weighted by atomic mass is 16.3. The maximum Gasteiger partial charge on any atom is 0.315 e. The van der Waals surface area contributed by atoms with E-state index in [1.807, 2.05) is 62.6 Å². The first-order chi connectivity index (χ1) is 12.1. The summed E-state index contributed by atoms with van der Waals surface area (Å²) in [4.78, 5) is 14.1. The Balaban J connectivity index is 1.74. The van der Waals surface area contributed by atoms with Gasteiger partial charge in [0.1, 0.15) is 0 Å². The first kappa shape index (κ1) is 19.0. The average Bonchev–Trinajstić information content (AvgIpc) is 2.61. The van der Waals surface area contributed by atoms with Gasteiger partial charge in [-0.2, -0.15) is 0 Å². The standard InChI is InChI=1S/C20H27N3O2/c1-23(2)15-18-11-7-6-10-17(18)14-22-20(25)21-13-12-19(24)16-8-4-3-5-9-16/h3-11,19,24H,12-15H2,1-2H3,(H2,21,22,25). The Morgan fingerprint density at radius 3 is 2.32 bits per heavy atom. The molecule has 3 N–H and O–H groups in total. The number of hydrogen-bond donors (Lipinski definition) is 3. The zero-order valence-electron chi connectivity index (χ0n) is 14.9. The van der Waals surface area contributed by atoms with Gasteiger partial charge in [0.2, 0.25) is 0 Å². The molecule has 0 aliphatic carbocycles. The van der Waals surface area contributed by atoms with Crippen LogP contribution in [0.25, 0.3) is 0 Å². The third-order valence-electron chi connectivity index (χ3n) is 3.93. The lowest BCUT2D eigenvalue weighted by Crippen LogP contribution is -2.36. The van der Waals surface area contributed by atoms with Crippen LogP contribution in [-0.2, 0) is 13.1 Å². The van der Waals surface area contributed by atoms with Crippen molar-refractivity contribution in [1.29, 1.82) is 0 Å². The van der Waals surface area contributed by atoms with Gasteiger partial charge in [0.05, 0.1) is 6.10 Å². The molecule has 0 fully saturated rings. The topological polar surface area (TPSA) is 64.6 Å². The molecular formula is C20H27N3O2. The smallest absolute Gasteiger partial charge is 0.315 e. The van der Waals surface area contributed by atoms with Crippen LogP contribution in [0, 0.1) is 0 Å². The Morgan fingerprint density at radius 1 is 1.00 bits per heavy atom. The van der Waals surface area contributed by atoms with Crippen molar-refractivity contribution in [3.63, 3.8) is 0 Å². The number of nitrogens with zero attached hydrogens (tertiary/aromatic N) is 1. The number of carbonyl (C=O) groups is 1. The number of amides is 2. The van der Waals surface area contributed by atoms with Crippen molar-refractivity contribution in [2.75, 3.05) is 20.6 Å². The number of benzene rings is 2. The van der Waals surface area contributed by atoms with E-state index in [2.05, 4.69) is 21.6 Å². The van der Waals surface area contributed by atoms with Crippen molar-refractivity contribution in [1.82, 2.24) is 15.5 Å². The minimum absolute atomic E-state index is 0.222. The number of carbonyl (C=O) groups excluding carboxylic acids is 1. The highest BCUT2D eigenvalue weighted by molar-refractivity contribution is 5.73. The van der Waals surface area contributed by atoms with E-state index in [1.54, 1.807) is 0 Å². The first-order valence-corrected chi connectivity index (χ1v) is 8.52. The molecule has 1 unspecified atom stereocenters. The van der Waals surface area contributed by atoms with E-state index in [0.29, 0.717) is 19.5 Å². The van der Waals surface area contributed by atoms with E-state index < -0.39 is 6.10 Å². The fraction of sp³-hybridized carbons (Fsp3) is 0.350. The summed E-state index contributed by atoms with van der Waals surface area (Å²) in [6.45, 7) is 1.74. The maximum atomic E-state index is 12.0. The van der Waals surface area contributed by atoms with Gasteiger partial charge in [-0.05, 0) is 37.2 Å². The number of urea groups is 1. The lowest BCUT2D eigenvalue weighted by atomic mass is 10.1. The van der Waals surface area contributed by atoms with Crippen molar-refractivity contribution in [3.05, 3.63) is 71.3 Å².